The quantitative estimate of drug-likeness (QED) is 0.319. The fourth-order valence-corrected chi connectivity index (χ4v) is 3.22. The fourth-order valence-electron chi connectivity index (χ4n) is 3.22. The number of aryl methyl sites for hydroxylation is 2. The zero-order valence-corrected chi connectivity index (χ0v) is 17.8. The number of hydrogen-bond donors (Lipinski definition) is 1. The molecule has 1 heterocycles. The van der Waals surface area contributed by atoms with E-state index >= 15 is 0 Å². The van der Waals surface area contributed by atoms with Crippen molar-refractivity contribution in [2.24, 2.45) is 0 Å². The first-order valence-corrected chi connectivity index (χ1v) is 10.00. The van der Waals surface area contributed by atoms with Gasteiger partial charge in [0.1, 0.15) is 11.3 Å². The third-order valence-electron chi connectivity index (χ3n) is 4.96. The van der Waals surface area contributed by atoms with Gasteiger partial charge in [-0.25, -0.2) is 4.79 Å². The van der Waals surface area contributed by atoms with Crippen LogP contribution in [0.25, 0.3) is 11.0 Å². The number of fused-ring (bicyclic) bond motifs is 1. The van der Waals surface area contributed by atoms with Crippen molar-refractivity contribution >= 4 is 28.6 Å². The molecule has 2 aromatic carbocycles. The van der Waals surface area contributed by atoms with Crippen LogP contribution in [0.2, 0.25) is 0 Å². The Morgan fingerprint density at radius 1 is 1.06 bits per heavy atom. The maximum absolute atomic E-state index is 12.4. The minimum absolute atomic E-state index is 0.0481. The number of rotatable bonds is 9. The molecule has 1 N–H and O–H groups in total. The van der Waals surface area contributed by atoms with Gasteiger partial charge in [-0.3, -0.25) is 9.59 Å². The molecule has 1 amide bonds. The van der Waals surface area contributed by atoms with Crippen molar-refractivity contribution in [3.05, 3.63) is 64.9 Å². The van der Waals surface area contributed by atoms with Crippen LogP contribution < -0.4 is 10.1 Å². The molecule has 3 aromatic rings. The van der Waals surface area contributed by atoms with Crippen molar-refractivity contribution in [1.29, 1.82) is 0 Å². The summed E-state index contributed by atoms with van der Waals surface area (Å²) in [4.78, 5) is 35.7. The molecular weight excluding hydrogens is 398 g/mol. The summed E-state index contributed by atoms with van der Waals surface area (Å²) in [6.45, 7) is 3.48. The Hall–Kier alpha value is -3.61. The van der Waals surface area contributed by atoms with Crippen molar-refractivity contribution < 1.29 is 28.3 Å². The van der Waals surface area contributed by atoms with Gasteiger partial charge in [0.15, 0.2) is 12.4 Å². The van der Waals surface area contributed by atoms with Gasteiger partial charge in [-0.1, -0.05) is 24.3 Å². The van der Waals surface area contributed by atoms with Crippen LogP contribution in [-0.2, 0) is 16.0 Å². The Morgan fingerprint density at radius 3 is 2.48 bits per heavy atom. The van der Waals surface area contributed by atoms with Crippen LogP contribution in [0.4, 0.5) is 0 Å². The molecule has 1 aromatic heterocycles. The number of esters is 1. The number of ether oxygens (including phenoxy) is 2. The highest BCUT2D eigenvalue weighted by molar-refractivity contribution is 6.00. The van der Waals surface area contributed by atoms with Crippen LogP contribution in [-0.4, -0.2) is 37.9 Å². The maximum atomic E-state index is 12.4. The lowest BCUT2D eigenvalue weighted by atomic mass is 10.1. The Balaban J connectivity index is 1.56. The van der Waals surface area contributed by atoms with Gasteiger partial charge in [0.2, 0.25) is 11.7 Å². The molecule has 0 atom stereocenters. The lowest BCUT2D eigenvalue weighted by molar-refractivity contribution is -0.118. The fraction of sp³-hybridized carbons (Fsp3) is 0.292. The van der Waals surface area contributed by atoms with Crippen LogP contribution >= 0.6 is 0 Å². The van der Waals surface area contributed by atoms with Gasteiger partial charge in [0.25, 0.3) is 0 Å². The van der Waals surface area contributed by atoms with Crippen molar-refractivity contribution in [3.8, 4) is 5.75 Å². The number of ketones is 1. The topological polar surface area (TPSA) is 94.8 Å². The molecule has 0 saturated carbocycles. The monoisotopic (exact) mass is 423 g/mol. The summed E-state index contributed by atoms with van der Waals surface area (Å²) >= 11 is 0. The van der Waals surface area contributed by atoms with Gasteiger partial charge in [-0.2, -0.15) is 0 Å². The second kappa shape index (κ2) is 9.93. The molecule has 3 rings (SSSR count). The van der Waals surface area contributed by atoms with Crippen molar-refractivity contribution in [2.45, 2.75) is 26.7 Å². The third kappa shape index (κ3) is 5.51. The van der Waals surface area contributed by atoms with E-state index in [1.165, 1.54) is 6.92 Å². The van der Waals surface area contributed by atoms with Crippen LogP contribution in [0.15, 0.2) is 46.9 Å². The van der Waals surface area contributed by atoms with E-state index in [4.69, 9.17) is 13.9 Å². The number of Topliss-reactive ketones (excluding diaryl/α,β-unsaturated/α-hetero) is 1. The summed E-state index contributed by atoms with van der Waals surface area (Å²) in [6.07, 6.45) is 1.60. The highest BCUT2D eigenvalue weighted by Gasteiger charge is 2.20. The lowest BCUT2D eigenvalue weighted by Crippen LogP contribution is -2.21. The summed E-state index contributed by atoms with van der Waals surface area (Å²) < 4.78 is 16.0. The van der Waals surface area contributed by atoms with E-state index in [1.54, 1.807) is 44.4 Å². The van der Waals surface area contributed by atoms with Crippen LogP contribution in [0, 0.1) is 6.92 Å². The van der Waals surface area contributed by atoms with Gasteiger partial charge in [0, 0.05) is 30.0 Å². The molecule has 7 heteroatoms. The van der Waals surface area contributed by atoms with Crippen LogP contribution in [0.5, 0.6) is 5.75 Å². The zero-order chi connectivity index (χ0) is 22.4. The average Bonchev–Trinajstić information content (AvgIpc) is 3.11. The molecule has 0 aliphatic rings. The molecule has 0 aliphatic heterocycles. The molecule has 162 valence electrons. The molecule has 0 bridgehead atoms. The first kappa shape index (κ1) is 22.1. The number of hydrogen-bond acceptors (Lipinski definition) is 6. The third-order valence-corrected chi connectivity index (χ3v) is 4.96. The SMILES string of the molecule is COc1ccc2oc(C(=O)OCC(=O)c3ccc(CCCNC(C)=O)cc3)c(C)c2c1. The number of furan rings is 1. The predicted octanol–water partition coefficient (Wildman–Crippen LogP) is 3.86. The van der Waals surface area contributed by atoms with Gasteiger partial charge >= 0.3 is 5.97 Å². The van der Waals surface area contributed by atoms with Crippen LogP contribution in [0.3, 0.4) is 0 Å². The van der Waals surface area contributed by atoms with E-state index in [2.05, 4.69) is 5.32 Å². The van der Waals surface area contributed by atoms with Crippen molar-refractivity contribution in [3.63, 3.8) is 0 Å². The summed E-state index contributed by atoms with van der Waals surface area (Å²) in [6, 6.07) is 12.4. The second-order valence-electron chi connectivity index (χ2n) is 7.20. The largest absolute Gasteiger partial charge is 0.497 e. The molecule has 0 unspecified atom stereocenters. The normalized spacial score (nSPS) is 10.7. The summed E-state index contributed by atoms with van der Waals surface area (Å²) in [7, 11) is 1.57. The summed E-state index contributed by atoms with van der Waals surface area (Å²) in [5, 5.41) is 3.50. The Kier molecular flexibility index (Phi) is 7.07. The van der Waals surface area contributed by atoms with E-state index in [0.29, 0.717) is 29.0 Å². The van der Waals surface area contributed by atoms with E-state index in [1.807, 2.05) is 12.1 Å². The van der Waals surface area contributed by atoms with Gasteiger partial charge < -0.3 is 19.2 Å². The summed E-state index contributed by atoms with van der Waals surface area (Å²) in [5.41, 5.74) is 2.71. The highest BCUT2D eigenvalue weighted by Crippen LogP contribution is 2.29. The number of benzene rings is 2. The first-order valence-electron chi connectivity index (χ1n) is 10.00. The molecule has 0 spiro atoms. The standard InChI is InChI=1S/C24H25NO6/c1-15-20-13-19(29-3)10-11-22(20)31-23(15)24(28)30-14-21(27)18-8-6-17(7-9-18)5-4-12-25-16(2)26/h6-11,13H,4-5,12,14H2,1-3H3,(H,25,26). The molecule has 31 heavy (non-hydrogen) atoms. The minimum atomic E-state index is -0.685. The number of methoxy groups -OCH3 is 1. The number of nitrogens with one attached hydrogen (secondary N) is 1. The number of carbonyl (C=O) groups is 3. The Morgan fingerprint density at radius 2 is 1.81 bits per heavy atom. The summed E-state index contributed by atoms with van der Waals surface area (Å²) in [5.74, 6) is -0.298. The van der Waals surface area contributed by atoms with Gasteiger partial charge in [0.05, 0.1) is 7.11 Å². The van der Waals surface area contributed by atoms with E-state index < -0.39 is 5.97 Å². The average molecular weight is 423 g/mol. The highest BCUT2D eigenvalue weighted by atomic mass is 16.5. The first-order chi connectivity index (χ1) is 14.9. The van der Waals surface area contributed by atoms with E-state index in [0.717, 1.165) is 23.8 Å². The van der Waals surface area contributed by atoms with Crippen molar-refractivity contribution in [1.82, 2.24) is 5.32 Å². The second-order valence-corrected chi connectivity index (χ2v) is 7.20. The predicted molar refractivity (Wildman–Crippen MR) is 116 cm³/mol. The number of amides is 1. The molecular formula is C24H25NO6. The van der Waals surface area contributed by atoms with Gasteiger partial charge in [-0.15, -0.1) is 0 Å². The molecule has 0 aliphatic carbocycles. The molecule has 7 nitrogen and oxygen atoms in total. The molecule has 0 saturated heterocycles. The smallest absolute Gasteiger partial charge is 0.375 e. The zero-order valence-electron chi connectivity index (χ0n) is 17.8. The number of carbonyl (C=O) groups excluding carboxylic acids is 3. The Labute approximate surface area is 180 Å². The molecule has 0 radical (unpaired) electrons. The van der Waals surface area contributed by atoms with E-state index in [9.17, 15) is 14.4 Å². The Bertz CT molecular complexity index is 1100. The van der Waals surface area contributed by atoms with E-state index in [-0.39, 0.29) is 24.1 Å². The van der Waals surface area contributed by atoms with Crippen LogP contribution in [0.1, 0.15) is 45.4 Å². The lowest BCUT2D eigenvalue weighted by Gasteiger charge is -2.06. The molecule has 0 fully saturated rings. The van der Waals surface area contributed by atoms with Crippen molar-refractivity contribution in [2.75, 3.05) is 20.3 Å². The maximum Gasteiger partial charge on any atom is 0.375 e. The van der Waals surface area contributed by atoms with Gasteiger partial charge in [-0.05, 0) is 43.5 Å². The minimum Gasteiger partial charge on any atom is -0.497 e.